The van der Waals surface area contributed by atoms with E-state index in [4.69, 9.17) is 27.9 Å². The first-order valence-electron chi connectivity index (χ1n) is 15.7. The van der Waals surface area contributed by atoms with Gasteiger partial charge in [0.05, 0.1) is 29.3 Å². The number of carbonyl (C=O) groups is 1. The molecule has 2 aromatic heterocycles. The third-order valence-electron chi connectivity index (χ3n) is 7.27. The molecule has 49 heavy (non-hydrogen) atoms. The number of amides is 1. The first-order chi connectivity index (χ1) is 23.5. The Kier molecular flexibility index (Phi) is 13.8. The van der Waals surface area contributed by atoms with Gasteiger partial charge in [-0.15, -0.1) is 4.41 Å². The summed E-state index contributed by atoms with van der Waals surface area (Å²) in [6, 6.07) is 16.7. The van der Waals surface area contributed by atoms with Gasteiger partial charge in [0.25, 0.3) is 0 Å². The van der Waals surface area contributed by atoms with E-state index >= 15 is 0 Å². The van der Waals surface area contributed by atoms with E-state index in [0.29, 0.717) is 65.6 Å². The van der Waals surface area contributed by atoms with Gasteiger partial charge in [-0.3, -0.25) is 0 Å². The third kappa shape index (κ3) is 10.6. The molecule has 4 rings (SSSR count). The van der Waals surface area contributed by atoms with Crippen molar-refractivity contribution >= 4 is 56.9 Å². The van der Waals surface area contributed by atoms with Crippen LogP contribution in [0.5, 0.6) is 0 Å². The van der Waals surface area contributed by atoms with Gasteiger partial charge in [-0.1, -0.05) is 42.3 Å². The number of anilines is 3. The Balaban J connectivity index is 1.37. The fourth-order valence-electron chi connectivity index (χ4n) is 4.84. The molecule has 13 nitrogen and oxygen atoms in total. The highest BCUT2D eigenvalue weighted by atomic mass is 35.5. The van der Waals surface area contributed by atoms with Crippen molar-refractivity contribution in [3.05, 3.63) is 77.0 Å². The summed E-state index contributed by atoms with van der Waals surface area (Å²) in [6.45, 7) is 2.59. The van der Waals surface area contributed by atoms with Crippen LogP contribution in [0.4, 0.5) is 22.4 Å². The van der Waals surface area contributed by atoms with Crippen molar-refractivity contribution in [2.45, 2.75) is 26.2 Å². The van der Waals surface area contributed by atoms with Gasteiger partial charge in [0, 0.05) is 74.5 Å². The van der Waals surface area contributed by atoms with E-state index in [2.05, 4.69) is 30.6 Å². The summed E-state index contributed by atoms with van der Waals surface area (Å²) < 4.78 is 32.8. The van der Waals surface area contributed by atoms with Crippen molar-refractivity contribution in [3.63, 3.8) is 0 Å². The molecule has 0 atom stereocenters. The summed E-state index contributed by atoms with van der Waals surface area (Å²) in [6.07, 6.45) is 3.62. The fraction of sp³-hybridized carbons (Fsp3) is 0.364. The van der Waals surface area contributed by atoms with Crippen LogP contribution in [0.15, 0.2) is 67.0 Å². The zero-order chi connectivity index (χ0) is 35.4. The molecule has 1 amide bonds. The van der Waals surface area contributed by atoms with E-state index in [1.807, 2.05) is 49.3 Å². The maximum absolute atomic E-state index is 13.4. The topological polar surface area (TPSA) is 146 Å². The zero-order valence-corrected chi connectivity index (χ0v) is 30.3. The monoisotopic (exact) mass is 729 g/mol. The summed E-state index contributed by atoms with van der Waals surface area (Å²) in [5.41, 5.74) is 4.09. The molecule has 0 saturated carbocycles. The maximum atomic E-state index is 13.4. The molecule has 2 aromatic carbocycles. The normalized spacial score (nSPS) is 11.3. The number of benzene rings is 2. The van der Waals surface area contributed by atoms with Crippen LogP contribution in [-0.4, -0.2) is 97.0 Å². The smallest absolute Gasteiger partial charge is 0.425 e. The minimum absolute atomic E-state index is 0.0383. The van der Waals surface area contributed by atoms with Crippen molar-refractivity contribution in [2.75, 3.05) is 68.7 Å². The molecule has 0 aliphatic rings. The van der Waals surface area contributed by atoms with Gasteiger partial charge >= 0.3 is 6.09 Å². The Morgan fingerprint density at radius 3 is 2.06 bits per heavy atom. The summed E-state index contributed by atoms with van der Waals surface area (Å²) in [7, 11) is 1.36. The lowest BCUT2D eigenvalue weighted by atomic mass is 10.1. The largest absolute Gasteiger partial charge is 0.452 e. The van der Waals surface area contributed by atoms with Gasteiger partial charge in [-0.25, -0.2) is 38.2 Å². The molecule has 16 heteroatoms. The second-order valence-electron chi connectivity index (χ2n) is 11.1. The lowest BCUT2D eigenvalue weighted by molar-refractivity contribution is 0.0424. The number of ether oxygens (including phenoxy) is 1. The zero-order valence-electron chi connectivity index (χ0n) is 27.9. The van der Waals surface area contributed by atoms with Gasteiger partial charge in [0.15, 0.2) is 0 Å². The second kappa shape index (κ2) is 18.0. The number of nitrogens with zero attached hydrogens (tertiary/aromatic N) is 7. The number of sulfonamides is 1. The number of aromatic nitrogens is 4. The van der Waals surface area contributed by atoms with Crippen molar-refractivity contribution in [2.24, 2.45) is 0 Å². The van der Waals surface area contributed by atoms with Crippen molar-refractivity contribution in [1.29, 1.82) is 0 Å². The Bertz CT molecular complexity index is 1800. The first-order valence-corrected chi connectivity index (χ1v) is 18.1. The van der Waals surface area contributed by atoms with E-state index in [1.165, 1.54) is 7.11 Å². The molecule has 0 bridgehead atoms. The highest BCUT2D eigenvalue weighted by molar-refractivity contribution is 7.89. The van der Waals surface area contributed by atoms with Gasteiger partial charge in [-0.2, -0.15) is 0 Å². The third-order valence-corrected chi connectivity index (χ3v) is 9.77. The van der Waals surface area contributed by atoms with E-state index in [1.54, 1.807) is 43.6 Å². The molecule has 0 aliphatic heterocycles. The van der Waals surface area contributed by atoms with Gasteiger partial charge in [-0.05, 0) is 61.7 Å². The number of rotatable bonds is 17. The van der Waals surface area contributed by atoms with Crippen LogP contribution in [0.1, 0.15) is 26.2 Å². The van der Waals surface area contributed by atoms with E-state index in [9.17, 15) is 13.2 Å². The Morgan fingerprint density at radius 2 is 1.47 bits per heavy atom. The van der Waals surface area contributed by atoms with E-state index in [-0.39, 0.29) is 18.8 Å². The van der Waals surface area contributed by atoms with Crippen LogP contribution in [0.25, 0.3) is 22.5 Å². The molecule has 4 aromatic rings. The van der Waals surface area contributed by atoms with Crippen molar-refractivity contribution < 1.29 is 17.9 Å². The second-order valence-corrected chi connectivity index (χ2v) is 13.9. The van der Waals surface area contributed by atoms with E-state index < -0.39 is 16.1 Å². The highest BCUT2D eigenvalue weighted by Gasteiger charge is 2.31. The van der Waals surface area contributed by atoms with Crippen LogP contribution in [0.3, 0.4) is 0 Å². The van der Waals surface area contributed by atoms with Gasteiger partial charge < -0.3 is 20.3 Å². The SMILES string of the molecule is CCCS(=O)(=O)N(CCCNc1nccc(-c2ccc(N(C)C)cc2)n1)N(CCCNc1nccc(-c2ccc(Cl)cc2Cl)n1)C(=O)OC. The Hall–Kier alpha value is -4.24. The maximum Gasteiger partial charge on any atom is 0.425 e. The summed E-state index contributed by atoms with van der Waals surface area (Å²) >= 11 is 12.4. The molecular weight excluding hydrogens is 689 g/mol. The molecular formula is C33H41Cl2N9O4S. The number of methoxy groups -OCH3 is 1. The summed E-state index contributed by atoms with van der Waals surface area (Å²) in [5, 5.41) is 8.41. The average molecular weight is 731 g/mol. The van der Waals surface area contributed by atoms with Crippen LogP contribution in [0.2, 0.25) is 10.0 Å². The molecule has 0 spiro atoms. The molecule has 2 N–H and O–H groups in total. The number of nitrogens with one attached hydrogen (secondary N) is 2. The number of carbonyl (C=O) groups excluding carboxylic acids is 1. The molecule has 0 unspecified atom stereocenters. The fourth-order valence-corrected chi connectivity index (χ4v) is 6.93. The lowest BCUT2D eigenvalue weighted by Crippen LogP contribution is -2.51. The standard InChI is InChI=1S/C33H41Cl2N9O4S/c1-5-22-49(46,47)44(21-7-17-37-31-38-18-14-29(40-31)24-8-11-26(12-9-24)42(2)3)43(33(45)48-4)20-6-16-36-32-39-19-15-30(41-32)27-13-10-25(34)23-28(27)35/h8-15,18-19,23H,5-7,16-17,20-22H2,1-4H3,(H,36,39,41)(H,37,38,40). The highest BCUT2D eigenvalue weighted by Crippen LogP contribution is 2.29. The number of halogens is 2. The molecule has 0 saturated heterocycles. The van der Waals surface area contributed by atoms with Gasteiger partial charge in [0.1, 0.15) is 0 Å². The summed E-state index contributed by atoms with van der Waals surface area (Å²) in [4.78, 5) is 32.6. The molecule has 262 valence electrons. The molecule has 0 radical (unpaired) electrons. The van der Waals surface area contributed by atoms with Gasteiger partial charge in [0.2, 0.25) is 21.9 Å². The Morgan fingerprint density at radius 1 is 0.857 bits per heavy atom. The number of hydrogen-bond donors (Lipinski definition) is 2. The predicted octanol–water partition coefficient (Wildman–Crippen LogP) is 6.30. The quantitative estimate of drug-likeness (QED) is 0.0932. The van der Waals surface area contributed by atoms with E-state index in [0.717, 1.165) is 26.4 Å². The molecule has 2 heterocycles. The number of hydrogen-bond acceptors (Lipinski definition) is 11. The minimum Gasteiger partial charge on any atom is -0.452 e. The lowest BCUT2D eigenvalue weighted by Gasteiger charge is -2.33. The molecule has 0 fully saturated rings. The summed E-state index contributed by atoms with van der Waals surface area (Å²) in [5.74, 6) is 0.641. The number of hydrazine groups is 1. The van der Waals surface area contributed by atoms with Crippen molar-refractivity contribution in [3.8, 4) is 22.5 Å². The average Bonchev–Trinajstić information content (AvgIpc) is 3.08. The predicted molar refractivity (Wildman–Crippen MR) is 195 cm³/mol. The van der Waals surface area contributed by atoms with Crippen LogP contribution >= 0.6 is 23.2 Å². The first kappa shape index (κ1) is 37.6. The minimum atomic E-state index is -3.83. The molecule has 0 aliphatic carbocycles. The van der Waals surface area contributed by atoms with Crippen LogP contribution in [-0.2, 0) is 14.8 Å². The Labute approximate surface area is 297 Å². The van der Waals surface area contributed by atoms with Crippen LogP contribution in [0, 0.1) is 0 Å². The van der Waals surface area contributed by atoms with Crippen molar-refractivity contribution in [1.82, 2.24) is 29.4 Å². The van der Waals surface area contributed by atoms with Crippen LogP contribution < -0.4 is 15.5 Å².